The number of carbonyl (C=O) groups excluding carboxylic acids is 1. The van der Waals surface area contributed by atoms with Crippen LogP contribution in [0.15, 0.2) is 76.3 Å². The number of hydrogen-bond donors (Lipinski definition) is 1. The Hall–Kier alpha value is -2.68. The summed E-state index contributed by atoms with van der Waals surface area (Å²) in [6, 6.07) is 20.1. The molecule has 8 heteroatoms. The number of sulfonamides is 1. The second-order valence-corrected chi connectivity index (χ2v) is 10.4. The van der Waals surface area contributed by atoms with Gasteiger partial charge in [-0.05, 0) is 41.6 Å². The number of ether oxygens (including phenoxy) is 1. The molecular weight excluding hydrogens is 432 g/mol. The smallest absolute Gasteiger partial charge is 0.271 e. The van der Waals surface area contributed by atoms with Crippen molar-refractivity contribution in [3.05, 3.63) is 83.2 Å². The van der Waals surface area contributed by atoms with Crippen molar-refractivity contribution < 1.29 is 17.9 Å². The van der Waals surface area contributed by atoms with E-state index in [2.05, 4.69) is 4.72 Å². The highest BCUT2D eigenvalue weighted by molar-refractivity contribution is 7.94. The SMILES string of the molecule is CC1CN(C(=O)Cc2ccc(NS(=O)(=O)c3cccs3)cc2)CC(c2ccccc2)O1. The minimum absolute atomic E-state index is 0.0306. The van der Waals surface area contributed by atoms with E-state index < -0.39 is 10.0 Å². The maximum absolute atomic E-state index is 12.9. The molecule has 31 heavy (non-hydrogen) atoms. The molecular formula is C23H24N2O4S2. The Labute approximate surface area is 186 Å². The van der Waals surface area contributed by atoms with Crippen molar-refractivity contribution >= 4 is 33.0 Å². The van der Waals surface area contributed by atoms with E-state index in [1.54, 1.807) is 41.8 Å². The molecule has 3 aromatic rings. The van der Waals surface area contributed by atoms with Crippen molar-refractivity contribution in [2.24, 2.45) is 0 Å². The second-order valence-electron chi connectivity index (χ2n) is 7.56. The van der Waals surface area contributed by atoms with Gasteiger partial charge < -0.3 is 9.64 Å². The van der Waals surface area contributed by atoms with Crippen molar-refractivity contribution in [3.63, 3.8) is 0 Å². The average molecular weight is 457 g/mol. The Morgan fingerprint density at radius 3 is 2.48 bits per heavy atom. The Balaban J connectivity index is 1.39. The lowest BCUT2D eigenvalue weighted by Gasteiger charge is -2.37. The molecule has 4 rings (SSSR count). The van der Waals surface area contributed by atoms with Crippen LogP contribution in [-0.4, -0.2) is 38.4 Å². The first-order valence-corrected chi connectivity index (χ1v) is 12.4. The average Bonchev–Trinajstić information content (AvgIpc) is 3.31. The van der Waals surface area contributed by atoms with Crippen LogP contribution in [0.2, 0.25) is 0 Å². The summed E-state index contributed by atoms with van der Waals surface area (Å²) < 4.78 is 33.5. The summed E-state index contributed by atoms with van der Waals surface area (Å²) in [5, 5.41) is 1.72. The monoisotopic (exact) mass is 456 g/mol. The first kappa shape index (κ1) is 21.5. The first-order chi connectivity index (χ1) is 14.9. The van der Waals surface area contributed by atoms with E-state index >= 15 is 0 Å². The van der Waals surface area contributed by atoms with Gasteiger partial charge in [0.2, 0.25) is 5.91 Å². The summed E-state index contributed by atoms with van der Waals surface area (Å²) in [6.45, 7) is 3.05. The van der Waals surface area contributed by atoms with Gasteiger partial charge in [0.15, 0.2) is 0 Å². The van der Waals surface area contributed by atoms with Crippen LogP contribution >= 0.6 is 11.3 Å². The third-order valence-corrected chi connectivity index (χ3v) is 7.88. The molecule has 0 saturated carbocycles. The van der Waals surface area contributed by atoms with Gasteiger partial charge in [0.25, 0.3) is 10.0 Å². The number of thiophene rings is 1. The number of nitrogens with one attached hydrogen (secondary N) is 1. The summed E-state index contributed by atoms with van der Waals surface area (Å²) in [6.07, 6.45) is 0.0755. The van der Waals surface area contributed by atoms with Crippen LogP contribution in [0.1, 0.15) is 24.2 Å². The van der Waals surface area contributed by atoms with E-state index in [4.69, 9.17) is 4.74 Å². The topological polar surface area (TPSA) is 75.7 Å². The number of carbonyl (C=O) groups is 1. The third kappa shape index (κ3) is 5.33. The number of morpholine rings is 1. The standard InChI is InChI=1S/C23H24N2O4S2/c1-17-15-25(16-21(29-17)19-6-3-2-4-7-19)22(26)14-18-9-11-20(12-10-18)24-31(27,28)23-8-5-13-30-23/h2-13,17,21,24H,14-16H2,1H3. The molecule has 1 N–H and O–H groups in total. The van der Waals surface area contributed by atoms with Crippen LogP contribution in [0.4, 0.5) is 5.69 Å². The molecule has 0 bridgehead atoms. The zero-order valence-corrected chi connectivity index (χ0v) is 18.7. The quantitative estimate of drug-likeness (QED) is 0.606. The fraction of sp³-hybridized carbons (Fsp3) is 0.261. The van der Waals surface area contributed by atoms with Crippen LogP contribution in [0, 0.1) is 0 Å². The molecule has 1 amide bonds. The van der Waals surface area contributed by atoms with E-state index in [1.807, 2.05) is 42.2 Å². The molecule has 1 aliphatic heterocycles. The number of anilines is 1. The maximum Gasteiger partial charge on any atom is 0.271 e. The number of nitrogens with zero attached hydrogens (tertiary/aromatic N) is 1. The lowest BCUT2D eigenvalue weighted by Crippen LogP contribution is -2.46. The van der Waals surface area contributed by atoms with E-state index in [0.29, 0.717) is 18.8 Å². The highest BCUT2D eigenvalue weighted by Gasteiger charge is 2.29. The van der Waals surface area contributed by atoms with Crippen LogP contribution in [0.3, 0.4) is 0 Å². The lowest BCUT2D eigenvalue weighted by atomic mass is 10.1. The van der Waals surface area contributed by atoms with Gasteiger partial charge in [-0.1, -0.05) is 48.5 Å². The number of amides is 1. The van der Waals surface area contributed by atoms with E-state index in [9.17, 15) is 13.2 Å². The van der Waals surface area contributed by atoms with Gasteiger partial charge in [0, 0.05) is 12.2 Å². The maximum atomic E-state index is 12.9. The molecule has 1 fully saturated rings. The lowest BCUT2D eigenvalue weighted by molar-refractivity contribution is -0.144. The third-order valence-electron chi connectivity index (χ3n) is 5.11. The summed E-state index contributed by atoms with van der Waals surface area (Å²) in [7, 11) is -3.58. The van der Waals surface area contributed by atoms with Gasteiger partial charge in [-0.3, -0.25) is 9.52 Å². The summed E-state index contributed by atoms with van der Waals surface area (Å²) >= 11 is 1.16. The zero-order chi connectivity index (χ0) is 21.8. The molecule has 1 saturated heterocycles. The number of benzene rings is 2. The normalized spacial score (nSPS) is 19.2. The Morgan fingerprint density at radius 2 is 1.81 bits per heavy atom. The minimum Gasteiger partial charge on any atom is -0.367 e. The largest absolute Gasteiger partial charge is 0.367 e. The Morgan fingerprint density at radius 1 is 1.06 bits per heavy atom. The van der Waals surface area contributed by atoms with Crippen LogP contribution in [0.5, 0.6) is 0 Å². The van der Waals surface area contributed by atoms with Gasteiger partial charge in [-0.2, -0.15) is 0 Å². The molecule has 0 aliphatic carbocycles. The molecule has 162 valence electrons. The van der Waals surface area contributed by atoms with E-state index in [0.717, 1.165) is 22.5 Å². The van der Waals surface area contributed by atoms with Crippen LogP contribution < -0.4 is 4.72 Å². The van der Waals surface area contributed by atoms with Crippen molar-refractivity contribution in [3.8, 4) is 0 Å². The highest BCUT2D eigenvalue weighted by Crippen LogP contribution is 2.26. The molecule has 2 heterocycles. The summed E-state index contributed by atoms with van der Waals surface area (Å²) in [5.41, 5.74) is 2.36. The van der Waals surface area contributed by atoms with Gasteiger partial charge in [-0.15, -0.1) is 11.3 Å². The number of hydrogen-bond acceptors (Lipinski definition) is 5. The fourth-order valence-corrected chi connectivity index (χ4v) is 5.66. The predicted molar refractivity (Wildman–Crippen MR) is 122 cm³/mol. The van der Waals surface area contributed by atoms with Crippen molar-refractivity contribution in [1.82, 2.24) is 4.90 Å². The highest BCUT2D eigenvalue weighted by atomic mass is 32.2. The second kappa shape index (κ2) is 9.21. The molecule has 6 nitrogen and oxygen atoms in total. The number of rotatable bonds is 6. The van der Waals surface area contributed by atoms with Crippen LogP contribution in [0.25, 0.3) is 0 Å². The minimum atomic E-state index is -3.58. The molecule has 1 aromatic heterocycles. The molecule has 0 spiro atoms. The van der Waals surface area contributed by atoms with Gasteiger partial charge in [0.05, 0.1) is 19.1 Å². The fourth-order valence-electron chi connectivity index (χ4n) is 3.61. The van der Waals surface area contributed by atoms with Crippen LogP contribution in [-0.2, 0) is 26.0 Å². The van der Waals surface area contributed by atoms with Gasteiger partial charge in [-0.25, -0.2) is 8.42 Å². The molecule has 2 atom stereocenters. The summed E-state index contributed by atoms with van der Waals surface area (Å²) in [4.78, 5) is 14.8. The molecule has 2 aromatic carbocycles. The van der Waals surface area contributed by atoms with Crippen molar-refractivity contribution in [1.29, 1.82) is 0 Å². The van der Waals surface area contributed by atoms with Crippen molar-refractivity contribution in [2.45, 2.75) is 29.8 Å². The zero-order valence-electron chi connectivity index (χ0n) is 17.1. The first-order valence-electron chi connectivity index (χ1n) is 10.0. The van der Waals surface area contributed by atoms with Gasteiger partial charge in [0.1, 0.15) is 10.3 Å². The Bertz CT molecular complexity index is 1110. The van der Waals surface area contributed by atoms with E-state index in [1.165, 1.54) is 0 Å². The molecule has 1 aliphatic rings. The summed E-state index contributed by atoms with van der Waals surface area (Å²) in [5.74, 6) is 0.0306. The van der Waals surface area contributed by atoms with Crippen molar-refractivity contribution in [2.75, 3.05) is 17.8 Å². The van der Waals surface area contributed by atoms with Gasteiger partial charge >= 0.3 is 0 Å². The Kier molecular flexibility index (Phi) is 6.41. The predicted octanol–water partition coefficient (Wildman–Crippen LogP) is 4.08. The molecule has 2 unspecified atom stereocenters. The van der Waals surface area contributed by atoms with E-state index in [-0.39, 0.29) is 28.7 Å². The molecule has 0 radical (unpaired) electrons.